The third kappa shape index (κ3) is 14.7. The van der Waals surface area contributed by atoms with Crippen LogP contribution in [-0.2, 0) is 14.3 Å². The van der Waals surface area contributed by atoms with Gasteiger partial charge in [-0.1, -0.05) is 39.7 Å². The monoisotopic (exact) mass is 286 g/mol. The van der Waals surface area contributed by atoms with E-state index in [-0.39, 0.29) is 11.9 Å². The van der Waals surface area contributed by atoms with Crippen LogP contribution in [0, 0.1) is 5.92 Å². The molecular weight excluding hydrogens is 256 g/mol. The van der Waals surface area contributed by atoms with Gasteiger partial charge in [0.25, 0.3) is 0 Å². The van der Waals surface area contributed by atoms with Gasteiger partial charge in [0, 0.05) is 6.08 Å². The van der Waals surface area contributed by atoms with Crippen LogP contribution in [-0.4, -0.2) is 22.6 Å². The summed E-state index contributed by atoms with van der Waals surface area (Å²) in [5.41, 5.74) is -0.398. The van der Waals surface area contributed by atoms with Crippen molar-refractivity contribution in [2.24, 2.45) is 5.92 Å². The standard InChI is InChI=1S/C9H18O2.C7H12O2/c1-3-5-6-7-8(4-2)9(10)11;1-5-6(8)9-7(2,3)4/h8H,3-7H2,1-2H3,(H,10,11);5H,1H2,2-4H3. The average Bonchev–Trinajstić information content (AvgIpc) is 2.33. The van der Waals surface area contributed by atoms with Crippen molar-refractivity contribution in [3.63, 3.8) is 0 Å². The lowest BCUT2D eigenvalue weighted by atomic mass is 9.99. The first-order valence-corrected chi connectivity index (χ1v) is 7.26. The fourth-order valence-electron chi connectivity index (χ4n) is 1.49. The molecule has 4 nitrogen and oxygen atoms in total. The van der Waals surface area contributed by atoms with Crippen molar-refractivity contribution < 1.29 is 19.4 Å². The highest BCUT2D eigenvalue weighted by Crippen LogP contribution is 2.13. The Morgan fingerprint density at radius 3 is 2.05 bits per heavy atom. The molecule has 0 aliphatic heterocycles. The highest BCUT2D eigenvalue weighted by molar-refractivity contribution is 5.81. The maximum Gasteiger partial charge on any atom is 0.330 e. The van der Waals surface area contributed by atoms with Crippen molar-refractivity contribution in [1.29, 1.82) is 0 Å². The molecule has 0 saturated heterocycles. The molecular formula is C16H30O4. The Kier molecular flexibility index (Phi) is 12.1. The average molecular weight is 286 g/mol. The Morgan fingerprint density at radius 2 is 1.80 bits per heavy atom. The van der Waals surface area contributed by atoms with Gasteiger partial charge >= 0.3 is 11.9 Å². The number of unbranched alkanes of at least 4 members (excludes halogenated alkanes) is 2. The third-order valence-electron chi connectivity index (χ3n) is 2.57. The van der Waals surface area contributed by atoms with E-state index in [0.717, 1.165) is 38.2 Å². The Balaban J connectivity index is 0. The van der Waals surface area contributed by atoms with Gasteiger partial charge in [0.2, 0.25) is 0 Å². The van der Waals surface area contributed by atoms with Gasteiger partial charge in [-0.05, 0) is 33.6 Å². The van der Waals surface area contributed by atoms with Gasteiger partial charge in [-0.3, -0.25) is 4.79 Å². The van der Waals surface area contributed by atoms with Crippen LogP contribution in [0.2, 0.25) is 0 Å². The number of carbonyl (C=O) groups is 2. The largest absolute Gasteiger partial charge is 0.481 e. The minimum absolute atomic E-state index is 0.110. The number of ether oxygens (including phenoxy) is 1. The highest BCUT2D eigenvalue weighted by atomic mass is 16.6. The van der Waals surface area contributed by atoms with Gasteiger partial charge in [0.05, 0.1) is 5.92 Å². The predicted molar refractivity (Wildman–Crippen MR) is 81.6 cm³/mol. The first kappa shape index (κ1) is 21.0. The molecule has 0 saturated carbocycles. The van der Waals surface area contributed by atoms with Crippen LogP contribution in [0.15, 0.2) is 12.7 Å². The Bertz CT molecular complexity index is 289. The van der Waals surface area contributed by atoms with Crippen molar-refractivity contribution in [1.82, 2.24) is 0 Å². The van der Waals surface area contributed by atoms with E-state index in [1.807, 2.05) is 27.7 Å². The van der Waals surface area contributed by atoms with E-state index in [9.17, 15) is 9.59 Å². The molecule has 0 aliphatic carbocycles. The SMILES string of the molecule is C=CC(=O)OC(C)(C)C.CCCCCC(CC)C(=O)O. The summed E-state index contributed by atoms with van der Waals surface area (Å²) < 4.78 is 4.83. The maximum atomic E-state index is 10.5. The molecule has 0 aromatic rings. The van der Waals surface area contributed by atoms with Crippen molar-refractivity contribution in [2.75, 3.05) is 0 Å². The van der Waals surface area contributed by atoms with Gasteiger partial charge in [0.15, 0.2) is 0 Å². The predicted octanol–water partition coefficient (Wildman–Crippen LogP) is 4.19. The van der Waals surface area contributed by atoms with E-state index in [1.165, 1.54) is 0 Å². The number of hydrogen-bond donors (Lipinski definition) is 1. The summed E-state index contributed by atoms with van der Waals surface area (Å²) in [7, 11) is 0. The second-order valence-electron chi connectivity index (χ2n) is 5.68. The van der Waals surface area contributed by atoms with E-state index >= 15 is 0 Å². The Hall–Kier alpha value is -1.32. The second-order valence-corrected chi connectivity index (χ2v) is 5.68. The van der Waals surface area contributed by atoms with Gasteiger partial charge in [-0.2, -0.15) is 0 Å². The summed E-state index contributed by atoms with van der Waals surface area (Å²) in [6, 6.07) is 0. The molecule has 0 aromatic carbocycles. The molecule has 1 unspecified atom stereocenters. The molecule has 4 heteroatoms. The van der Waals surface area contributed by atoms with Gasteiger partial charge < -0.3 is 9.84 Å². The third-order valence-corrected chi connectivity index (χ3v) is 2.57. The zero-order valence-corrected chi connectivity index (χ0v) is 13.6. The van der Waals surface area contributed by atoms with Crippen LogP contribution in [0.25, 0.3) is 0 Å². The first-order chi connectivity index (χ1) is 9.17. The van der Waals surface area contributed by atoms with Crippen LogP contribution < -0.4 is 0 Å². The van der Waals surface area contributed by atoms with E-state index in [4.69, 9.17) is 9.84 Å². The second kappa shape index (κ2) is 11.5. The fraction of sp³-hybridized carbons (Fsp3) is 0.750. The molecule has 1 atom stereocenters. The quantitative estimate of drug-likeness (QED) is 0.433. The number of carboxylic acid groups (broad SMARTS) is 1. The summed E-state index contributed by atoms with van der Waals surface area (Å²) in [5.74, 6) is -1.12. The lowest BCUT2D eigenvalue weighted by molar-refractivity contribution is -0.148. The van der Waals surface area contributed by atoms with Gasteiger partial charge in [-0.15, -0.1) is 0 Å². The zero-order chi connectivity index (χ0) is 16.2. The Labute approximate surface area is 123 Å². The molecule has 0 amide bonds. The molecule has 118 valence electrons. The van der Waals surface area contributed by atoms with Gasteiger partial charge in [-0.25, -0.2) is 4.79 Å². The lowest BCUT2D eigenvalue weighted by Gasteiger charge is -2.17. The number of esters is 1. The number of hydrogen-bond acceptors (Lipinski definition) is 3. The minimum atomic E-state index is -0.636. The summed E-state index contributed by atoms with van der Waals surface area (Å²) in [6.07, 6.45) is 6.14. The van der Waals surface area contributed by atoms with E-state index in [1.54, 1.807) is 0 Å². The normalized spacial score (nSPS) is 11.8. The van der Waals surface area contributed by atoms with Crippen molar-refractivity contribution in [2.45, 2.75) is 72.3 Å². The smallest absolute Gasteiger partial charge is 0.330 e. The fourth-order valence-corrected chi connectivity index (χ4v) is 1.49. The lowest BCUT2D eigenvalue weighted by Crippen LogP contribution is -2.22. The summed E-state index contributed by atoms with van der Waals surface area (Å²) >= 11 is 0. The van der Waals surface area contributed by atoms with Gasteiger partial charge in [0.1, 0.15) is 5.60 Å². The minimum Gasteiger partial charge on any atom is -0.481 e. The molecule has 0 aliphatic rings. The van der Waals surface area contributed by atoms with Crippen molar-refractivity contribution in [3.05, 3.63) is 12.7 Å². The van der Waals surface area contributed by atoms with Crippen LogP contribution in [0.4, 0.5) is 0 Å². The van der Waals surface area contributed by atoms with Crippen LogP contribution >= 0.6 is 0 Å². The van der Waals surface area contributed by atoms with Crippen LogP contribution in [0.1, 0.15) is 66.7 Å². The molecule has 0 heterocycles. The van der Waals surface area contributed by atoms with E-state index in [2.05, 4.69) is 13.5 Å². The van der Waals surface area contributed by atoms with Crippen LogP contribution in [0.3, 0.4) is 0 Å². The summed E-state index contributed by atoms with van der Waals surface area (Å²) in [5, 5.41) is 8.67. The van der Waals surface area contributed by atoms with E-state index < -0.39 is 11.6 Å². The number of carboxylic acids is 1. The summed E-state index contributed by atoms with van der Waals surface area (Å²) in [6.45, 7) is 12.8. The first-order valence-electron chi connectivity index (χ1n) is 7.26. The molecule has 0 rings (SSSR count). The number of rotatable bonds is 7. The highest BCUT2D eigenvalue weighted by Gasteiger charge is 2.13. The molecule has 0 bridgehead atoms. The van der Waals surface area contributed by atoms with E-state index in [0.29, 0.717) is 0 Å². The molecule has 0 aromatic heterocycles. The summed E-state index contributed by atoms with van der Waals surface area (Å²) in [4.78, 5) is 21.0. The van der Waals surface area contributed by atoms with Crippen molar-refractivity contribution >= 4 is 11.9 Å². The zero-order valence-electron chi connectivity index (χ0n) is 13.6. The molecule has 0 fully saturated rings. The molecule has 1 N–H and O–H groups in total. The number of carbonyl (C=O) groups excluding carboxylic acids is 1. The molecule has 0 radical (unpaired) electrons. The maximum absolute atomic E-state index is 10.5. The molecule has 20 heavy (non-hydrogen) atoms. The van der Waals surface area contributed by atoms with Crippen LogP contribution in [0.5, 0.6) is 0 Å². The number of aliphatic carboxylic acids is 1. The molecule has 0 spiro atoms. The topological polar surface area (TPSA) is 63.6 Å². The van der Waals surface area contributed by atoms with Crippen molar-refractivity contribution in [3.8, 4) is 0 Å². The Morgan fingerprint density at radius 1 is 1.25 bits per heavy atom.